The Morgan fingerprint density at radius 2 is 1.74 bits per heavy atom. The highest BCUT2D eigenvalue weighted by molar-refractivity contribution is 5.98. The molecule has 0 spiro atoms. The maximum atomic E-state index is 12.9. The molecule has 4 nitrogen and oxygen atoms in total. The monoisotopic (exact) mass is 312 g/mol. The van der Waals surface area contributed by atoms with E-state index in [1.807, 2.05) is 0 Å². The van der Waals surface area contributed by atoms with Gasteiger partial charge in [0.25, 0.3) is 5.91 Å². The van der Waals surface area contributed by atoms with Gasteiger partial charge in [0, 0.05) is 37.0 Å². The number of amides is 1. The molecule has 1 aromatic heterocycles. The number of benzene rings is 1. The van der Waals surface area contributed by atoms with E-state index in [-0.39, 0.29) is 23.4 Å². The van der Waals surface area contributed by atoms with Crippen molar-refractivity contribution >= 4 is 11.7 Å². The van der Waals surface area contributed by atoms with Gasteiger partial charge < -0.3 is 4.90 Å². The summed E-state index contributed by atoms with van der Waals surface area (Å²) in [6.07, 6.45) is 4.44. The first-order chi connectivity index (χ1) is 11.1. The summed E-state index contributed by atoms with van der Waals surface area (Å²) in [5.41, 5.74) is 1.10. The molecule has 2 heterocycles. The fourth-order valence-electron chi connectivity index (χ4n) is 2.87. The van der Waals surface area contributed by atoms with Crippen LogP contribution in [0.3, 0.4) is 0 Å². The Balaban J connectivity index is 1.61. The van der Waals surface area contributed by atoms with E-state index in [4.69, 9.17) is 0 Å². The van der Waals surface area contributed by atoms with Gasteiger partial charge in [-0.1, -0.05) is 0 Å². The lowest BCUT2D eigenvalue weighted by molar-refractivity contribution is 0.0650. The molecule has 1 aromatic carbocycles. The maximum Gasteiger partial charge on any atom is 0.255 e. The normalized spacial score (nSPS) is 15.4. The average molecular weight is 312 g/mol. The first-order valence-corrected chi connectivity index (χ1v) is 7.64. The number of pyridine rings is 1. The van der Waals surface area contributed by atoms with Gasteiger partial charge in [0.2, 0.25) is 0 Å². The molecule has 0 atom stereocenters. The molecule has 5 heteroatoms. The first-order valence-electron chi connectivity index (χ1n) is 7.64. The predicted molar refractivity (Wildman–Crippen MR) is 83.6 cm³/mol. The van der Waals surface area contributed by atoms with Crippen LogP contribution in [0, 0.1) is 11.7 Å². The Hall–Kier alpha value is -2.56. The van der Waals surface area contributed by atoms with E-state index in [1.165, 1.54) is 24.3 Å². The minimum Gasteiger partial charge on any atom is -0.339 e. The van der Waals surface area contributed by atoms with Gasteiger partial charge in [-0.05, 0) is 49.2 Å². The summed E-state index contributed by atoms with van der Waals surface area (Å²) in [7, 11) is 0. The highest BCUT2D eigenvalue weighted by atomic mass is 19.1. The van der Waals surface area contributed by atoms with Crippen LogP contribution in [0.4, 0.5) is 4.39 Å². The van der Waals surface area contributed by atoms with E-state index in [0.717, 1.165) is 0 Å². The van der Waals surface area contributed by atoms with Gasteiger partial charge in [-0.3, -0.25) is 14.6 Å². The minimum atomic E-state index is -0.349. The zero-order chi connectivity index (χ0) is 16.2. The molecule has 0 radical (unpaired) electrons. The number of likely N-dealkylation sites (tertiary alicyclic amines) is 1. The second-order valence-corrected chi connectivity index (χ2v) is 5.68. The van der Waals surface area contributed by atoms with Crippen molar-refractivity contribution in [1.29, 1.82) is 0 Å². The molecule has 3 rings (SSSR count). The fourth-order valence-corrected chi connectivity index (χ4v) is 2.87. The number of nitrogens with zero attached hydrogens (tertiary/aromatic N) is 2. The third-order valence-corrected chi connectivity index (χ3v) is 4.19. The second kappa shape index (κ2) is 6.69. The zero-order valence-corrected chi connectivity index (χ0v) is 12.6. The van der Waals surface area contributed by atoms with Crippen LogP contribution < -0.4 is 0 Å². The zero-order valence-electron chi connectivity index (χ0n) is 12.6. The quantitative estimate of drug-likeness (QED) is 0.819. The number of carbonyl (C=O) groups excluding carboxylic acids is 2. The van der Waals surface area contributed by atoms with Crippen LogP contribution in [0.2, 0.25) is 0 Å². The third kappa shape index (κ3) is 3.44. The molecule has 0 bridgehead atoms. The van der Waals surface area contributed by atoms with Crippen LogP contribution >= 0.6 is 0 Å². The minimum absolute atomic E-state index is 0.0264. The van der Waals surface area contributed by atoms with Crippen molar-refractivity contribution in [2.75, 3.05) is 13.1 Å². The lowest BCUT2D eigenvalue weighted by Gasteiger charge is -2.31. The summed E-state index contributed by atoms with van der Waals surface area (Å²) >= 11 is 0. The van der Waals surface area contributed by atoms with Gasteiger partial charge in [0.1, 0.15) is 5.82 Å². The van der Waals surface area contributed by atoms with Crippen LogP contribution in [0.15, 0.2) is 48.8 Å². The molecule has 0 aliphatic carbocycles. The van der Waals surface area contributed by atoms with Gasteiger partial charge in [-0.15, -0.1) is 0 Å². The topological polar surface area (TPSA) is 50.3 Å². The Kier molecular flexibility index (Phi) is 4.46. The summed E-state index contributed by atoms with van der Waals surface area (Å²) in [5, 5.41) is 0. The van der Waals surface area contributed by atoms with Crippen LogP contribution in [-0.2, 0) is 0 Å². The van der Waals surface area contributed by atoms with Crippen molar-refractivity contribution < 1.29 is 14.0 Å². The summed E-state index contributed by atoms with van der Waals surface area (Å²) in [5.74, 6) is -0.485. The van der Waals surface area contributed by atoms with E-state index >= 15 is 0 Å². The molecular weight excluding hydrogens is 295 g/mol. The molecule has 23 heavy (non-hydrogen) atoms. The predicted octanol–water partition coefficient (Wildman–Crippen LogP) is 2.96. The van der Waals surface area contributed by atoms with Crippen LogP contribution in [0.25, 0.3) is 0 Å². The van der Waals surface area contributed by atoms with E-state index in [9.17, 15) is 14.0 Å². The van der Waals surface area contributed by atoms with Gasteiger partial charge >= 0.3 is 0 Å². The number of aromatic nitrogens is 1. The van der Waals surface area contributed by atoms with E-state index in [0.29, 0.717) is 37.1 Å². The van der Waals surface area contributed by atoms with Gasteiger partial charge in [0.05, 0.1) is 5.56 Å². The number of ketones is 1. The molecule has 0 N–H and O–H groups in total. The largest absolute Gasteiger partial charge is 0.339 e. The smallest absolute Gasteiger partial charge is 0.255 e. The first kappa shape index (κ1) is 15.3. The number of piperidine rings is 1. The molecule has 1 aliphatic heterocycles. The SMILES string of the molecule is O=C(c1ccc(F)cc1)C1CCN(C(=O)c2cccnc2)CC1. The van der Waals surface area contributed by atoms with Crippen LogP contribution in [-0.4, -0.2) is 34.7 Å². The van der Waals surface area contributed by atoms with E-state index in [2.05, 4.69) is 4.98 Å². The van der Waals surface area contributed by atoms with Crippen molar-refractivity contribution in [3.05, 3.63) is 65.7 Å². The summed E-state index contributed by atoms with van der Waals surface area (Å²) < 4.78 is 12.9. The summed E-state index contributed by atoms with van der Waals surface area (Å²) in [6, 6.07) is 9.11. The number of rotatable bonds is 3. The van der Waals surface area contributed by atoms with Crippen molar-refractivity contribution in [3.63, 3.8) is 0 Å². The van der Waals surface area contributed by atoms with Crippen LogP contribution in [0.5, 0.6) is 0 Å². The molecule has 1 amide bonds. The maximum absolute atomic E-state index is 12.9. The van der Waals surface area contributed by atoms with E-state index in [1.54, 1.807) is 29.4 Å². The van der Waals surface area contributed by atoms with Crippen LogP contribution in [0.1, 0.15) is 33.6 Å². The highest BCUT2D eigenvalue weighted by Gasteiger charge is 2.28. The van der Waals surface area contributed by atoms with Crippen molar-refractivity contribution in [2.24, 2.45) is 5.92 Å². The number of hydrogen-bond donors (Lipinski definition) is 0. The second-order valence-electron chi connectivity index (χ2n) is 5.68. The van der Waals surface area contributed by atoms with Gasteiger partial charge in [0.15, 0.2) is 5.78 Å². The molecule has 2 aromatic rings. The average Bonchev–Trinajstić information content (AvgIpc) is 2.62. The standard InChI is InChI=1S/C18H17FN2O2/c19-16-5-3-13(4-6-16)17(22)14-7-10-21(11-8-14)18(23)15-2-1-9-20-12-15/h1-6,9,12,14H,7-8,10-11H2. The summed E-state index contributed by atoms with van der Waals surface area (Å²) in [4.78, 5) is 30.5. The Labute approximate surface area is 134 Å². The molecular formula is C18H17FN2O2. The Bertz CT molecular complexity index is 693. The number of Topliss-reactive ketones (excluding diaryl/α,β-unsaturated/α-hetero) is 1. The van der Waals surface area contributed by atoms with Crippen molar-refractivity contribution in [1.82, 2.24) is 9.88 Å². The molecule has 1 aliphatic rings. The summed E-state index contributed by atoms with van der Waals surface area (Å²) in [6.45, 7) is 1.09. The number of hydrogen-bond acceptors (Lipinski definition) is 3. The third-order valence-electron chi connectivity index (χ3n) is 4.19. The lowest BCUT2D eigenvalue weighted by Crippen LogP contribution is -2.40. The lowest BCUT2D eigenvalue weighted by atomic mass is 9.88. The fraction of sp³-hybridized carbons (Fsp3) is 0.278. The number of halogens is 1. The molecule has 1 saturated heterocycles. The molecule has 118 valence electrons. The Morgan fingerprint density at radius 3 is 2.35 bits per heavy atom. The Morgan fingerprint density at radius 1 is 1.04 bits per heavy atom. The van der Waals surface area contributed by atoms with Gasteiger partial charge in [-0.2, -0.15) is 0 Å². The highest BCUT2D eigenvalue weighted by Crippen LogP contribution is 2.23. The molecule has 1 fully saturated rings. The molecule has 0 unspecified atom stereocenters. The van der Waals surface area contributed by atoms with Crippen molar-refractivity contribution in [2.45, 2.75) is 12.8 Å². The van der Waals surface area contributed by atoms with E-state index < -0.39 is 0 Å². The number of carbonyl (C=O) groups is 2. The molecule has 0 saturated carbocycles. The van der Waals surface area contributed by atoms with Crippen molar-refractivity contribution in [3.8, 4) is 0 Å². The van der Waals surface area contributed by atoms with Gasteiger partial charge in [-0.25, -0.2) is 4.39 Å².